The lowest BCUT2D eigenvalue weighted by molar-refractivity contribution is -0.128. The van der Waals surface area contributed by atoms with Gasteiger partial charge in [-0.3, -0.25) is 9.69 Å². The first-order valence-corrected chi connectivity index (χ1v) is 6.59. The molecule has 0 aliphatic carbocycles. The molecule has 1 fully saturated rings. The number of rotatable bonds is 5. The van der Waals surface area contributed by atoms with E-state index in [9.17, 15) is 19.1 Å². The second-order valence-electron chi connectivity index (χ2n) is 4.78. The third kappa shape index (κ3) is 2.80. The Morgan fingerprint density at radius 3 is 2.75 bits per heavy atom. The summed E-state index contributed by atoms with van der Waals surface area (Å²) in [7, 11) is 0. The molecule has 0 saturated carbocycles. The molecule has 1 heterocycles. The molecule has 108 valence electrons. The largest absolute Gasteiger partial charge is 0.386 e. The lowest BCUT2D eigenvalue weighted by Crippen LogP contribution is -2.35. The number of carbonyl (C=O) groups is 2. The van der Waals surface area contributed by atoms with Gasteiger partial charge in [-0.15, -0.1) is 0 Å². The number of amides is 3. The number of hydrogen-bond acceptors (Lipinski definition) is 3. The number of nitrogens with one attached hydrogen (secondary N) is 1. The van der Waals surface area contributed by atoms with Crippen molar-refractivity contribution in [3.8, 4) is 0 Å². The zero-order valence-corrected chi connectivity index (χ0v) is 11.2. The number of aliphatic hydroxyl groups excluding tert-OH is 1. The van der Waals surface area contributed by atoms with E-state index in [4.69, 9.17) is 0 Å². The topological polar surface area (TPSA) is 69.6 Å². The van der Waals surface area contributed by atoms with Crippen LogP contribution in [0.4, 0.5) is 9.18 Å². The summed E-state index contributed by atoms with van der Waals surface area (Å²) in [5.74, 6) is -0.926. The van der Waals surface area contributed by atoms with E-state index >= 15 is 0 Å². The van der Waals surface area contributed by atoms with Crippen molar-refractivity contribution in [2.24, 2.45) is 0 Å². The predicted molar refractivity (Wildman–Crippen MR) is 70.3 cm³/mol. The zero-order chi connectivity index (χ0) is 14.7. The molecule has 3 amide bonds. The standard InChI is InChI=1S/C14H17FN2O3/c1-2-5-11-13(19)17(14(20)16-11)8-12(18)9-6-3-4-7-10(9)15/h3-4,6-7,11-12,18H,2,5,8H2,1H3,(H,16,20)/t11-,12+/m0/s1. The van der Waals surface area contributed by atoms with Crippen LogP contribution in [0.25, 0.3) is 0 Å². The molecule has 5 nitrogen and oxygen atoms in total. The van der Waals surface area contributed by atoms with Crippen LogP contribution >= 0.6 is 0 Å². The first kappa shape index (κ1) is 14.5. The molecular formula is C14H17FN2O3. The summed E-state index contributed by atoms with van der Waals surface area (Å²) >= 11 is 0. The van der Waals surface area contributed by atoms with E-state index in [1.807, 2.05) is 6.92 Å². The number of urea groups is 1. The van der Waals surface area contributed by atoms with Gasteiger partial charge < -0.3 is 10.4 Å². The van der Waals surface area contributed by atoms with Gasteiger partial charge in [0.15, 0.2) is 0 Å². The van der Waals surface area contributed by atoms with Gasteiger partial charge in [0, 0.05) is 5.56 Å². The maximum absolute atomic E-state index is 13.5. The number of halogens is 1. The van der Waals surface area contributed by atoms with Crippen molar-refractivity contribution in [2.75, 3.05) is 6.54 Å². The summed E-state index contributed by atoms with van der Waals surface area (Å²) in [6, 6.07) is 4.68. The molecule has 6 heteroatoms. The first-order valence-electron chi connectivity index (χ1n) is 6.59. The van der Waals surface area contributed by atoms with Gasteiger partial charge in [-0.05, 0) is 12.5 Å². The minimum absolute atomic E-state index is 0.0760. The summed E-state index contributed by atoms with van der Waals surface area (Å²) in [4.78, 5) is 24.6. The van der Waals surface area contributed by atoms with Crippen LogP contribution in [-0.2, 0) is 4.79 Å². The summed E-state index contributed by atoms with van der Waals surface area (Å²) in [5.41, 5.74) is 0.0760. The smallest absolute Gasteiger partial charge is 0.324 e. The molecule has 1 aliphatic rings. The number of imide groups is 1. The first-order chi connectivity index (χ1) is 9.54. The fraction of sp³-hybridized carbons (Fsp3) is 0.429. The van der Waals surface area contributed by atoms with Crippen LogP contribution < -0.4 is 5.32 Å². The molecule has 1 saturated heterocycles. The Morgan fingerprint density at radius 1 is 1.40 bits per heavy atom. The quantitative estimate of drug-likeness (QED) is 0.805. The van der Waals surface area contributed by atoms with Crippen LogP contribution in [0.3, 0.4) is 0 Å². The van der Waals surface area contributed by atoms with Crippen molar-refractivity contribution < 1.29 is 19.1 Å². The summed E-state index contributed by atoms with van der Waals surface area (Å²) in [5, 5.41) is 12.6. The minimum atomic E-state index is -1.23. The van der Waals surface area contributed by atoms with Crippen molar-refractivity contribution in [3.05, 3.63) is 35.6 Å². The Balaban J connectivity index is 2.08. The Kier molecular flexibility index (Phi) is 4.34. The van der Waals surface area contributed by atoms with E-state index in [0.717, 1.165) is 11.3 Å². The van der Waals surface area contributed by atoms with Gasteiger partial charge in [-0.2, -0.15) is 0 Å². The van der Waals surface area contributed by atoms with Crippen molar-refractivity contribution in [2.45, 2.75) is 31.9 Å². The van der Waals surface area contributed by atoms with Crippen molar-refractivity contribution in [1.82, 2.24) is 10.2 Å². The number of hydrogen-bond donors (Lipinski definition) is 2. The fourth-order valence-electron chi connectivity index (χ4n) is 2.25. The molecule has 2 rings (SSSR count). The van der Waals surface area contributed by atoms with Gasteiger partial charge in [-0.25, -0.2) is 9.18 Å². The fourth-order valence-corrected chi connectivity index (χ4v) is 2.25. The second kappa shape index (κ2) is 6.00. The van der Waals surface area contributed by atoms with Crippen LogP contribution in [0.5, 0.6) is 0 Å². The highest BCUT2D eigenvalue weighted by atomic mass is 19.1. The van der Waals surface area contributed by atoms with Gasteiger partial charge in [0.25, 0.3) is 5.91 Å². The summed E-state index contributed by atoms with van der Waals surface area (Å²) in [6.07, 6.45) is 0.0864. The zero-order valence-electron chi connectivity index (χ0n) is 11.2. The predicted octanol–water partition coefficient (Wildman–Crippen LogP) is 1.58. The van der Waals surface area contributed by atoms with E-state index in [1.54, 1.807) is 6.07 Å². The average molecular weight is 280 g/mol. The lowest BCUT2D eigenvalue weighted by Gasteiger charge is -2.18. The molecule has 2 N–H and O–H groups in total. The Hall–Kier alpha value is -1.95. The highest BCUT2D eigenvalue weighted by molar-refractivity contribution is 6.04. The molecular weight excluding hydrogens is 263 g/mol. The van der Waals surface area contributed by atoms with Crippen LogP contribution in [0.2, 0.25) is 0 Å². The second-order valence-corrected chi connectivity index (χ2v) is 4.78. The molecule has 0 aromatic heterocycles. The highest BCUT2D eigenvalue weighted by Gasteiger charge is 2.38. The van der Waals surface area contributed by atoms with Gasteiger partial charge in [0.05, 0.1) is 12.6 Å². The molecule has 0 spiro atoms. The molecule has 2 atom stereocenters. The molecule has 0 radical (unpaired) electrons. The van der Waals surface area contributed by atoms with E-state index in [2.05, 4.69) is 5.32 Å². The van der Waals surface area contributed by atoms with Crippen molar-refractivity contribution >= 4 is 11.9 Å². The third-order valence-electron chi connectivity index (χ3n) is 3.30. The SMILES string of the molecule is CCC[C@@H]1NC(=O)N(C[C@@H](O)c2ccccc2F)C1=O. The van der Waals surface area contributed by atoms with Crippen LogP contribution in [0.15, 0.2) is 24.3 Å². The third-order valence-corrected chi connectivity index (χ3v) is 3.30. The van der Waals surface area contributed by atoms with Gasteiger partial charge in [0.1, 0.15) is 11.9 Å². The van der Waals surface area contributed by atoms with Gasteiger partial charge in [-0.1, -0.05) is 31.5 Å². The van der Waals surface area contributed by atoms with Crippen molar-refractivity contribution in [3.63, 3.8) is 0 Å². The van der Waals surface area contributed by atoms with Gasteiger partial charge in [0.2, 0.25) is 0 Å². The van der Waals surface area contributed by atoms with E-state index < -0.39 is 24.0 Å². The van der Waals surface area contributed by atoms with E-state index in [1.165, 1.54) is 18.2 Å². The van der Waals surface area contributed by atoms with Crippen LogP contribution in [0, 0.1) is 5.82 Å². The molecule has 0 unspecified atom stereocenters. The number of carbonyl (C=O) groups excluding carboxylic acids is 2. The Labute approximate surface area is 116 Å². The number of aliphatic hydroxyl groups is 1. The van der Waals surface area contributed by atoms with E-state index in [0.29, 0.717) is 6.42 Å². The number of nitrogens with zero attached hydrogens (tertiary/aromatic N) is 1. The molecule has 1 aliphatic heterocycles. The molecule has 1 aromatic carbocycles. The number of β-amino-alcohol motifs (C(OH)–C–C–N with tert-alkyl or cyclic N) is 1. The molecule has 20 heavy (non-hydrogen) atoms. The Morgan fingerprint density at radius 2 is 2.10 bits per heavy atom. The van der Waals surface area contributed by atoms with Crippen molar-refractivity contribution in [1.29, 1.82) is 0 Å². The van der Waals surface area contributed by atoms with E-state index in [-0.39, 0.29) is 18.0 Å². The monoisotopic (exact) mass is 280 g/mol. The lowest BCUT2D eigenvalue weighted by atomic mass is 10.1. The Bertz CT molecular complexity index is 521. The summed E-state index contributed by atoms with van der Waals surface area (Å²) in [6.45, 7) is 1.67. The average Bonchev–Trinajstić information content (AvgIpc) is 2.67. The molecule has 1 aromatic rings. The molecule has 0 bridgehead atoms. The van der Waals surface area contributed by atoms with Crippen LogP contribution in [0.1, 0.15) is 31.4 Å². The number of benzene rings is 1. The normalized spacial score (nSPS) is 20.1. The van der Waals surface area contributed by atoms with Gasteiger partial charge >= 0.3 is 6.03 Å². The highest BCUT2D eigenvalue weighted by Crippen LogP contribution is 2.20. The minimum Gasteiger partial charge on any atom is -0.386 e. The maximum Gasteiger partial charge on any atom is 0.324 e. The van der Waals surface area contributed by atoms with Crippen LogP contribution in [-0.4, -0.2) is 34.5 Å². The summed E-state index contributed by atoms with van der Waals surface area (Å²) < 4.78 is 13.5. The maximum atomic E-state index is 13.5.